The Morgan fingerprint density at radius 1 is 1.50 bits per heavy atom. The number of aromatic hydroxyl groups is 1. The van der Waals surface area contributed by atoms with Crippen molar-refractivity contribution in [2.75, 3.05) is 0 Å². The van der Waals surface area contributed by atoms with Crippen molar-refractivity contribution in [2.24, 2.45) is 0 Å². The Labute approximate surface area is 45.5 Å². The summed E-state index contributed by atoms with van der Waals surface area (Å²) in [6, 6.07) is 0. The molecule has 1 N–H and O–H groups in total. The predicted octanol–water partition coefficient (Wildman–Crippen LogP) is 0.326. The first kappa shape index (κ1) is 4.83. The van der Waals surface area contributed by atoms with Gasteiger partial charge in [0.15, 0.2) is 0 Å². The summed E-state index contributed by atoms with van der Waals surface area (Å²) in [5, 5.41) is 18.6. The highest BCUT2D eigenvalue weighted by atomic mass is 16.3. The summed E-state index contributed by atoms with van der Waals surface area (Å²) >= 11 is 0. The van der Waals surface area contributed by atoms with Gasteiger partial charge in [0.1, 0.15) is 0 Å². The van der Waals surface area contributed by atoms with Crippen molar-refractivity contribution in [3.63, 3.8) is 0 Å². The summed E-state index contributed by atoms with van der Waals surface area (Å²) in [5.41, 5.74) is 0. The fourth-order valence-corrected chi connectivity index (χ4v) is 0.338. The molecule has 0 saturated heterocycles. The van der Waals surface area contributed by atoms with Crippen molar-refractivity contribution in [3.8, 4) is 11.8 Å². The molecule has 4 heteroatoms. The number of hydrogen-bond acceptors (Lipinski definition) is 3. The molecule has 1 aromatic heterocycles. The quantitative estimate of drug-likeness (QED) is 0.524. The van der Waals surface area contributed by atoms with Crippen LogP contribution < -0.4 is 0 Å². The lowest BCUT2D eigenvalue weighted by atomic mass is 10.7. The van der Waals surface area contributed by atoms with E-state index in [0.29, 0.717) is 0 Å². The van der Waals surface area contributed by atoms with E-state index < -0.39 is 5.88 Å². The molecule has 0 unspecified atom stereocenters. The fraction of sp³-hybridized carbons (Fsp3) is 0. The normalized spacial score (nSPS) is 9.00. The standard InChI is InChI=1S/C4H3N2O2/c7-3-1-5-2-4(8)6-3/h1-2H,(H,6,7). The van der Waals surface area contributed by atoms with Gasteiger partial charge in [-0.05, 0) is 0 Å². The molecule has 0 atom stereocenters. The molecule has 0 aliphatic heterocycles. The van der Waals surface area contributed by atoms with Crippen LogP contribution in [0.5, 0.6) is 11.8 Å². The van der Waals surface area contributed by atoms with Crippen LogP contribution in [0.2, 0.25) is 0 Å². The summed E-state index contributed by atoms with van der Waals surface area (Å²) < 4.78 is 0. The van der Waals surface area contributed by atoms with Gasteiger partial charge in [-0.15, -0.1) is 0 Å². The van der Waals surface area contributed by atoms with Crippen LogP contribution in [0.25, 0.3) is 0 Å². The zero-order valence-electron chi connectivity index (χ0n) is 3.90. The fourth-order valence-electron chi connectivity index (χ4n) is 0.338. The van der Waals surface area contributed by atoms with Crippen molar-refractivity contribution in [2.45, 2.75) is 0 Å². The van der Waals surface area contributed by atoms with Crippen molar-refractivity contribution < 1.29 is 10.2 Å². The van der Waals surface area contributed by atoms with E-state index in [1.165, 1.54) is 0 Å². The van der Waals surface area contributed by atoms with Crippen LogP contribution in [0.3, 0.4) is 0 Å². The summed E-state index contributed by atoms with van der Waals surface area (Å²) in [6.45, 7) is 0. The third-order valence-corrected chi connectivity index (χ3v) is 0.600. The van der Waals surface area contributed by atoms with Gasteiger partial charge in [0.2, 0.25) is 5.88 Å². The van der Waals surface area contributed by atoms with E-state index in [-0.39, 0.29) is 5.88 Å². The average Bonchev–Trinajstić information content (AvgIpc) is 1.64. The molecule has 0 aliphatic rings. The summed E-state index contributed by atoms with van der Waals surface area (Å²) in [5.74, 6) is -0.859. The van der Waals surface area contributed by atoms with Crippen LogP contribution in [-0.4, -0.2) is 15.1 Å². The molecular formula is C4H3N2O2. The van der Waals surface area contributed by atoms with Gasteiger partial charge in [-0.25, -0.2) is 0 Å². The molecule has 0 spiro atoms. The third-order valence-electron chi connectivity index (χ3n) is 0.600. The molecule has 0 fully saturated rings. The largest absolute Gasteiger partial charge is 0.492 e. The smallest absolute Gasteiger partial charge is 0.291 e. The SMILES string of the molecule is [O]c1cncc(O)n1. The highest BCUT2D eigenvalue weighted by molar-refractivity contribution is 5.08. The first-order valence-electron chi connectivity index (χ1n) is 1.97. The Balaban J connectivity index is 3.08. The second-order valence-electron chi connectivity index (χ2n) is 1.22. The molecular weight excluding hydrogens is 108 g/mol. The molecule has 1 radical (unpaired) electrons. The molecule has 1 heterocycles. The average molecular weight is 111 g/mol. The molecule has 1 rings (SSSR count). The van der Waals surface area contributed by atoms with Crippen LogP contribution in [0, 0.1) is 0 Å². The minimum absolute atomic E-state index is 0.336. The van der Waals surface area contributed by atoms with Crippen LogP contribution in [0.4, 0.5) is 0 Å². The van der Waals surface area contributed by atoms with Crippen LogP contribution >= 0.6 is 0 Å². The molecule has 0 aromatic carbocycles. The van der Waals surface area contributed by atoms with Crippen LogP contribution in [-0.2, 0) is 5.11 Å². The van der Waals surface area contributed by atoms with E-state index in [1.54, 1.807) is 0 Å². The van der Waals surface area contributed by atoms with Crippen molar-refractivity contribution >= 4 is 0 Å². The number of nitrogens with zero attached hydrogens (tertiary/aromatic N) is 2. The maximum absolute atomic E-state index is 10.2. The van der Waals surface area contributed by atoms with Gasteiger partial charge in [0.25, 0.3) is 5.88 Å². The molecule has 0 bridgehead atoms. The molecule has 8 heavy (non-hydrogen) atoms. The van der Waals surface area contributed by atoms with E-state index in [4.69, 9.17) is 5.11 Å². The lowest BCUT2D eigenvalue weighted by Gasteiger charge is -1.84. The van der Waals surface area contributed by atoms with Gasteiger partial charge in [-0.3, -0.25) is 10.1 Å². The maximum Gasteiger partial charge on any atom is 0.291 e. The van der Waals surface area contributed by atoms with Crippen molar-refractivity contribution in [1.29, 1.82) is 0 Å². The Hall–Kier alpha value is -1.32. The Kier molecular flexibility index (Phi) is 0.997. The summed E-state index contributed by atoms with van der Waals surface area (Å²) in [6.07, 6.45) is 2.13. The second kappa shape index (κ2) is 1.65. The van der Waals surface area contributed by atoms with Gasteiger partial charge in [-0.1, -0.05) is 0 Å². The first-order chi connectivity index (χ1) is 3.79. The van der Waals surface area contributed by atoms with Crippen LogP contribution in [0.15, 0.2) is 12.4 Å². The zero-order valence-corrected chi connectivity index (χ0v) is 3.90. The van der Waals surface area contributed by atoms with Gasteiger partial charge < -0.3 is 5.11 Å². The van der Waals surface area contributed by atoms with Gasteiger partial charge >= 0.3 is 0 Å². The molecule has 41 valence electrons. The second-order valence-corrected chi connectivity index (χ2v) is 1.22. The zero-order chi connectivity index (χ0) is 5.98. The lowest BCUT2D eigenvalue weighted by molar-refractivity contribution is 0.325. The predicted molar refractivity (Wildman–Crippen MR) is 23.8 cm³/mol. The summed E-state index contributed by atoms with van der Waals surface area (Å²) in [7, 11) is 0. The highest BCUT2D eigenvalue weighted by Crippen LogP contribution is 2.05. The van der Waals surface area contributed by atoms with E-state index in [2.05, 4.69) is 9.97 Å². The Morgan fingerprint density at radius 2 is 2.25 bits per heavy atom. The topological polar surface area (TPSA) is 65.9 Å². The lowest BCUT2D eigenvalue weighted by Crippen LogP contribution is -1.74. The van der Waals surface area contributed by atoms with Crippen LogP contribution in [0.1, 0.15) is 0 Å². The van der Waals surface area contributed by atoms with Gasteiger partial charge in [-0.2, -0.15) is 4.98 Å². The minimum Gasteiger partial charge on any atom is -0.492 e. The monoisotopic (exact) mass is 111 g/mol. The first-order valence-corrected chi connectivity index (χ1v) is 1.97. The van der Waals surface area contributed by atoms with Gasteiger partial charge in [0, 0.05) is 0 Å². The van der Waals surface area contributed by atoms with Crippen molar-refractivity contribution in [1.82, 2.24) is 9.97 Å². The summed E-state index contributed by atoms with van der Waals surface area (Å²) in [4.78, 5) is 6.47. The number of aromatic nitrogens is 2. The Bertz CT molecular complexity index is 172. The van der Waals surface area contributed by atoms with Gasteiger partial charge in [0.05, 0.1) is 12.4 Å². The highest BCUT2D eigenvalue weighted by Gasteiger charge is 1.91. The minimum atomic E-state index is -0.523. The molecule has 1 aromatic rings. The van der Waals surface area contributed by atoms with E-state index >= 15 is 0 Å². The molecule has 4 nitrogen and oxygen atoms in total. The Morgan fingerprint density at radius 3 is 2.62 bits per heavy atom. The number of hydrogen-bond donors (Lipinski definition) is 1. The van der Waals surface area contributed by atoms with E-state index in [1.807, 2.05) is 0 Å². The maximum atomic E-state index is 10.2. The van der Waals surface area contributed by atoms with E-state index in [9.17, 15) is 5.11 Å². The molecule has 0 amide bonds. The number of rotatable bonds is 0. The molecule has 0 saturated carbocycles. The van der Waals surface area contributed by atoms with Crippen molar-refractivity contribution in [3.05, 3.63) is 12.4 Å². The van der Waals surface area contributed by atoms with E-state index in [0.717, 1.165) is 12.4 Å². The molecule has 0 aliphatic carbocycles. The third kappa shape index (κ3) is 0.841.